The van der Waals surface area contributed by atoms with Gasteiger partial charge in [0.15, 0.2) is 0 Å². The number of carbonyl (C=O) groups excluding carboxylic acids is 1. The zero-order valence-electron chi connectivity index (χ0n) is 13.3. The summed E-state index contributed by atoms with van der Waals surface area (Å²) in [5.41, 5.74) is 0.0297. The fourth-order valence-electron chi connectivity index (χ4n) is 2.13. The van der Waals surface area contributed by atoms with Gasteiger partial charge in [0.05, 0.1) is 5.75 Å². The van der Waals surface area contributed by atoms with Crippen LogP contribution in [0.15, 0.2) is 0 Å². The number of hydrogen-bond donors (Lipinski definition) is 1. The van der Waals surface area contributed by atoms with E-state index in [-0.39, 0.29) is 29.0 Å². The molecule has 5 nitrogen and oxygen atoms in total. The molecular weight excluding hydrogens is 276 g/mol. The van der Waals surface area contributed by atoms with Crippen LogP contribution in [0.1, 0.15) is 47.5 Å². The largest absolute Gasteiger partial charge is 0.353 e. The van der Waals surface area contributed by atoms with Crippen molar-refractivity contribution < 1.29 is 13.2 Å². The summed E-state index contributed by atoms with van der Waals surface area (Å²) >= 11 is 0. The van der Waals surface area contributed by atoms with Crippen LogP contribution < -0.4 is 5.32 Å². The predicted molar refractivity (Wildman–Crippen MR) is 80.8 cm³/mol. The van der Waals surface area contributed by atoms with Crippen LogP contribution in [0.25, 0.3) is 0 Å². The van der Waals surface area contributed by atoms with Gasteiger partial charge in [0.2, 0.25) is 15.9 Å². The molecule has 1 saturated heterocycles. The van der Waals surface area contributed by atoms with Gasteiger partial charge < -0.3 is 5.32 Å². The van der Waals surface area contributed by atoms with Crippen LogP contribution in [0.2, 0.25) is 0 Å². The summed E-state index contributed by atoms with van der Waals surface area (Å²) in [4.78, 5) is 12.2. The quantitative estimate of drug-likeness (QED) is 0.858. The van der Waals surface area contributed by atoms with Crippen LogP contribution in [-0.2, 0) is 14.8 Å². The highest BCUT2D eigenvalue weighted by atomic mass is 32.2. The van der Waals surface area contributed by atoms with Crippen molar-refractivity contribution in [1.82, 2.24) is 9.62 Å². The minimum Gasteiger partial charge on any atom is -0.353 e. The van der Waals surface area contributed by atoms with Crippen molar-refractivity contribution in [3.8, 4) is 0 Å². The van der Waals surface area contributed by atoms with Gasteiger partial charge in [-0.15, -0.1) is 0 Å². The maximum atomic E-state index is 12.2. The van der Waals surface area contributed by atoms with Crippen molar-refractivity contribution >= 4 is 15.9 Å². The summed E-state index contributed by atoms with van der Waals surface area (Å²) < 4.78 is 25.0. The fraction of sp³-hybridized carbons (Fsp3) is 0.929. The van der Waals surface area contributed by atoms with Gasteiger partial charge in [0, 0.05) is 25.0 Å². The van der Waals surface area contributed by atoms with Crippen LogP contribution >= 0.6 is 0 Å². The second-order valence-electron chi connectivity index (χ2n) is 6.67. The Morgan fingerprint density at radius 1 is 1.30 bits per heavy atom. The van der Waals surface area contributed by atoms with Crippen LogP contribution in [0.3, 0.4) is 0 Å². The van der Waals surface area contributed by atoms with Gasteiger partial charge in [-0.25, -0.2) is 12.7 Å². The standard InChI is InChI=1S/C14H28N2O3S/c1-6-20(18,19)16-9-7-12(8-10-16)13(17)15-11(2)14(3,4)5/h11-12H,6-10H2,1-5H3,(H,15,17). The molecule has 1 rings (SSSR count). The summed E-state index contributed by atoms with van der Waals surface area (Å²) in [6.07, 6.45) is 1.23. The average Bonchev–Trinajstić information content (AvgIpc) is 2.37. The molecule has 1 atom stereocenters. The lowest BCUT2D eigenvalue weighted by Gasteiger charge is -2.33. The van der Waals surface area contributed by atoms with E-state index in [0.717, 1.165) is 0 Å². The maximum Gasteiger partial charge on any atom is 0.223 e. The Labute approximate surface area is 123 Å². The third-order valence-electron chi connectivity index (χ3n) is 4.24. The molecule has 1 unspecified atom stereocenters. The van der Waals surface area contributed by atoms with E-state index in [1.54, 1.807) is 6.92 Å². The van der Waals surface area contributed by atoms with E-state index in [4.69, 9.17) is 0 Å². The zero-order chi connectivity index (χ0) is 15.6. The maximum absolute atomic E-state index is 12.2. The molecule has 1 fully saturated rings. The molecule has 1 aliphatic rings. The first-order valence-electron chi connectivity index (χ1n) is 7.36. The molecule has 0 radical (unpaired) electrons. The van der Waals surface area contributed by atoms with Gasteiger partial charge >= 0.3 is 0 Å². The SMILES string of the molecule is CCS(=O)(=O)N1CCC(C(=O)NC(C)C(C)(C)C)CC1. The highest BCUT2D eigenvalue weighted by Gasteiger charge is 2.31. The molecule has 0 spiro atoms. The Morgan fingerprint density at radius 2 is 1.80 bits per heavy atom. The molecule has 118 valence electrons. The minimum atomic E-state index is -3.12. The third kappa shape index (κ3) is 4.45. The van der Waals surface area contributed by atoms with Gasteiger partial charge in [-0.3, -0.25) is 4.79 Å². The van der Waals surface area contributed by atoms with Gasteiger partial charge in [-0.1, -0.05) is 20.8 Å². The van der Waals surface area contributed by atoms with Crippen molar-refractivity contribution in [3.63, 3.8) is 0 Å². The van der Waals surface area contributed by atoms with Gasteiger partial charge in [0.25, 0.3) is 0 Å². The number of sulfonamides is 1. The van der Waals surface area contributed by atoms with E-state index in [0.29, 0.717) is 25.9 Å². The predicted octanol–water partition coefficient (Wildman–Crippen LogP) is 1.60. The number of hydrogen-bond acceptors (Lipinski definition) is 3. The topological polar surface area (TPSA) is 66.5 Å². The van der Waals surface area contributed by atoms with Crippen molar-refractivity contribution in [1.29, 1.82) is 0 Å². The molecule has 0 aliphatic carbocycles. The Balaban J connectivity index is 2.52. The molecule has 0 saturated carbocycles. The van der Waals surface area contributed by atoms with E-state index in [1.807, 2.05) is 6.92 Å². The lowest BCUT2D eigenvalue weighted by Crippen LogP contribution is -2.47. The number of nitrogens with one attached hydrogen (secondary N) is 1. The second kappa shape index (κ2) is 6.43. The number of carbonyl (C=O) groups is 1. The van der Waals surface area contributed by atoms with Gasteiger partial charge in [0.1, 0.15) is 0 Å². The highest BCUT2D eigenvalue weighted by Crippen LogP contribution is 2.23. The second-order valence-corrected chi connectivity index (χ2v) is 8.93. The molecule has 0 bridgehead atoms. The summed E-state index contributed by atoms with van der Waals surface area (Å²) in [6, 6.07) is 0.104. The van der Waals surface area contributed by atoms with Crippen molar-refractivity contribution in [2.75, 3.05) is 18.8 Å². The third-order valence-corrected chi connectivity index (χ3v) is 6.12. The van der Waals surface area contributed by atoms with E-state index in [2.05, 4.69) is 26.1 Å². The first-order chi connectivity index (χ1) is 9.08. The molecule has 0 aromatic heterocycles. The van der Waals surface area contributed by atoms with Crippen LogP contribution in [0.5, 0.6) is 0 Å². The summed E-state index contributed by atoms with van der Waals surface area (Å²) in [7, 11) is -3.12. The smallest absolute Gasteiger partial charge is 0.223 e. The molecule has 1 amide bonds. The van der Waals surface area contributed by atoms with Crippen LogP contribution in [0, 0.1) is 11.3 Å². The van der Waals surface area contributed by atoms with Crippen molar-refractivity contribution in [2.24, 2.45) is 11.3 Å². The number of nitrogens with zero attached hydrogens (tertiary/aromatic N) is 1. The first-order valence-corrected chi connectivity index (χ1v) is 8.97. The van der Waals surface area contributed by atoms with E-state index in [1.165, 1.54) is 4.31 Å². The Kier molecular flexibility index (Phi) is 5.61. The Morgan fingerprint density at radius 3 is 2.20 bits per heavy atom. The summed E-state index contributed by atoms with van der Waals surface area (Å²) in [5, 5.41) is 3.05. The molecule has 20 heavy (non-hydrogen) atoms. The van der Waals surface area contributed by atoms with Crippen molar-refractivity contribution in [2.45, 2.75) is 53.5 Å². The van der Waals surface area contributed by atoms with Crippen LogP contribution in [-0.4, -0.2) is 43.5 Å². The molecule has 1 aliphatic heterocycles. The van der Waals surface area contributed by atoms with Crippen LogP contribution in [0.4, 0.5) is 0 Å². The van der Waals surface area contributed by atoms with Gasteiger partial charge in [-0.2, -0.15) is 0 Å². The zero-order valence-corrected chi connectivity index (χ0v) is 14.1. The summed E-state index contributed by atoms with van der Waals surface area (Å²) in [5.74, 6) is 0.120. The lowest BCUT2D eigenvalue weighted by atomic mass is 9.87. The first kappa shape index (κ1) is 17.4. The Bertz CT molecular complexity index is 432. The van der Waals surface area contributed by atoms with Crippen molar-refractivity contribution in [3.05, 3.63) is 0 Å². The number of amides is 1. The normalized spacial score (nSPS) is 20.6. The molecule has 0 aromatic rings. The van der Waals surface area contributed by atoms with Gasteiger partial charge in [-0.05, 0) is 32.1 Å². The molecular formula is C14H28N2O3S. The van der Waals surface area contributed by atoms with E-state index < -0.39 is 10.0 Å². The minimum absolute atomic E-state index is 0.0297. The Hall–Kier alpha value is -0.620. The van der Waals surface area contributed by atoms with E-state index in [9.17, 15) is 13.2 Å². The fourth-order valence-corrected chi connectivity index (χ4v) is 3.26. The monoisotopic (exact) mass is 304 g/mol. The highest BCUT2D eigenvalue weighted by molar-refractivity contribution is 7.89. The molecule has 0 aromatic carbocycles. The number of piperidine rings is 1. The molecule has 1 heterocycles. The average molecular weight is 304 g/mol. The molecule has 1 N–H and O–H groups in total. The number of rotatable bonds is 4. The lowest BCUT2D eigenvalue weighted by molar-refractivity contribution is -0.127. The molecule has 6 heteroatoms. The summed E-state index contributed by atoms with van der Waals surface area (Å²) in [6.45, 7) is 10.8. The van der Waals surface area contributed by atoms with E-state index >= 15 is 0 Å².